The van der Waals surface area contributed by atoms with Gasteiger partial charge in [0.1, 0.15) is 0 Å². The van der Waals surface area contributed by atoms with E-state index in [0.717, 1.165) is 5.56 Å². The molecule has 0 aliphatic carbocycles. The molecule has 2 rings (SSSR count). The van der Waals surface area contributed by atoms with Crippen LogP contribution in [0.1, 0.15) is 46.8 Å². The molecule has 3 nitrogen and oxygen atoms in total. The molecule has 3 atom stereocenters. The Morgan fingerprint density at radius 2 is 1.78 bits per heavy atom. The highest BCUT2D eigenvalue weighted by Crippen LogP contribution is 2.27. The van der Waals surface area contributed by atoms with Crippen molar-refractivity contribution in [3.63, 3.8) is 0 Å². The Morgan fingerprint density at radius 3 is 2.30 bits per heavy atom. The summed E-state index contributed by atoms with van der Waals surface area (Å²) in [4.78, 5) is 15.0. The second-order valence-corrected chi connectivity index (χ2v) is 7.28. The standard InChI is InChI=1S/C18H24N2OS.ClH/c1-11-10-16(14(4)22-11)13(3)20-18(21)12(2)17(19)15-8-6-5-7-9-15;/h5-10,12-13,17H,19H2,1-4H3,(H,20,21);1H. The zero-order chi connectivity index (χ0) is 16.3. The summed E-state index contributed by atoms with van der Waals surface area (Å²) in [5.41, 5.74) is 8.41. The van der Waals surface area contributed by atoms with Gasteiger partial charge in [0.15, 0.2) is 0 Å². The minimum atomic E-state index is -0.293. The number of aryl methyl sites for hydroxylation is 2. The first kappa shape index (κ1) is 19.7. The molecular weight excluding hydrogens is 328 g/mol. The van der Waals surface area contributed by atoms with Crippen LogP contribution in [0.2, 0.25) is 0 Å². The molecule has 5 heteroatoms. The number of benzene rings is 1. The van der Waals surface area contributed by atoms with Gasteiger partial charge in [-0.1, -0.05) is 37.3 Å². The number of amides is 1. The smallest absolute Gasteiger partial charge is 0.225 e. The number of carbonyl (C=O) groups is 1. The molecule has 1 aromatic heterocycles. The van der Waals surface area contributed by atoms with Crippen molar-refractivity contribution in [3.8, 4) is 0 Å². The average Bonchev–Trinajstić information content (AvgIpc) is 2.85. The molecule has 126 valence electrons. The maximum Gasteiger partial charge on any atom is 0.225 e. The van der Waals surface area contributed by atoms with E-state index in [4.69, 9.17) is 5.73 Å². The maximum atomic E-state index is 12.5. The summed E-state index contributed by atoms with van der Waals surface area (Å²) in [6.45, 7) is 8.08. The van der Waals surface area contributed by atoms with E-state index >= 15 is 0 Å². The lowest BCUT2D eigenvalue weighted by Crippen LogP contribution is -2.36. The van der Waals surface area contributed by atoms with Gasteiger partial charge < -0.3 is 11.1 Å². The second kappa shape index (κ2) is 8.48. The van der Waals surface area contributed by atoms with Gasteiger partial charge in [-0.2, -0.15) is 0 Å². The number of rotatable bonds is 5. The van der Waals surface area contributed by atoms with Crippen LogP contribution in [0.3, 0.4) is 0 Å². The summed E-state index contributed by atoms with van der Waals surface area (Å²) < 4.78 is 0. The summed E-state index contributed by atoms with van der Waals surface area (Å²) >= 11 is 1.76. The number of hydrogen-bond acceptors (Lipinski definition) is 3. The lowest BCUT2D eigenvalue weighted by molar-refractivity contribution is -0.125. The van der Waals surface area contributed by atoms with Crippen LogP contribution in [0.5, 0.6) is 0 Å². The molecule has 1 aromatic carbocycles. The predicted molar refractivity (Wildman–Crippen MR) is 100 cm³/mol. The average molecular weight is 353 g/mol. The first-order chi connectivity index (χ1) is 10.4. The van der Waals surface area contributed by atoms with Crippen molar-refractivity contribution >= 4 is 29.7 Å². The number of nitrogens with one attached hydrogen (secondary N) is 1. The second-order valence-electron chi connectivity index (χ2n) is 5.82. The van der Waals surface area contributed by atoms with E-state index in [0.29, 0.717) is 0 Å². The van der Waals surface area contributed by atoms with E-state index in [1.165, 1.54) is 15.3 Å². The van der Waals surface area contributed by atoms with E-state index < -0.39 is 0 Å². The van der Waals surface area contributed by atoms with Gasteiger partial charge in [-0.3, -0.25) is 4.79 Å². The first-order valence-corrected chi connectivity index (χ1v) is 8.39. The first-order valence-electron chi connectivity index (χ1n) is 7.58. The van der Waals surface area contributed by atoms with Crippen molar-refractivity contribution in [2.75, 3.05) is 0 Å². The molecule has 1 heterocycles. The van der Waals surface area contributed by atoms with Gasteiger partial charge in [-0.15, -0.1) is 23.7 Å². The molecule has 0 spiro atoms. The third-order valence-electron chi connectivity index (χ3n) is 4.04. The normalized spacial score (nSPS) is 14.5. The fraction of sp³-hybridized carbons (Fsp3) is 0.389. The molecule has 0 radical (unpaired) electrons. The van der Waals surface area contributed by atoms with Crippen molar-refractivity contribution in [2.45, 2.75) is 39.8 Å². The molecule has 3 N–H and O–H groups in total. The topological polar surface area (TPSA) is 55.1 Å². The molecule has 2 aromatic rings. The SMILES string of the molecule is Cc1cc(C(C)NC(=O)C(C)C(N)c2ccccc2)c(C)s1.Cl. The Balaban J connectivity index is 0.00000264. The maximum absolute atomic E-state index is 12.5. The molecule has 0 aliphatic heterocycles. The van der Waals surface area contributed by atoms with Gasteiger partial charge in [0.05, 0.1) is 12.0 Å². The molecule has 0 saturated heterocycles. The highest BCUT2D eigenvalue weighted by molar-refractivity contribution is 7.12. The summed E-state index contributed by atoms with van der Waals surface area (Å²) in [6.07, 6.45) is 0. The zero-order valence-electron chi connectivity index (χ0n) is 14.0. The highest BCUT2D eigenvalue weighted by atomic mass is 35.5. The van der Waals surface area contributed by atoms with Crippen LogP contribution in [0.25, 0.3) is 0 Å². The number of halogens is 1. The molecule has 0 saturated carbocycles. The van der Waals surface area contributed by atoms with Crippen molar-refractivity contribution in [1.29, 1.82) is 0 Å². The van der Waals surface area contributed by atoms with Crippen LogP contribution >= 0.6 is 23.7 Å². The van der Waals surface area contributed by atoms with Crippen molar-refractivity contribution < 1.29 is 4.79 Å². The third-order valence-corrected chi connectivity index (χ3v) is 5.02. The quantitative estimate of drug-likeness (QED) is 0.842. The fourth-order valence-corrected chi connectivity index (χ4v) is 3.65. The Morgan fingerprint density at radius 1 is 1.17 bits per heavy atom. The third kappa shape index (κ3) is 4.80. The molecule has 0 bridgehead atoms. The molecule has 3 unspecified atom stereocenters. The van der Waals surface area contributed by atoms with E-state index in [2.05, 4.69) is 25.2 Å². The van der Waals surface area contributed by atoms with Gasteiger partial charge in [0.25, 0.3) is 0 Å². The Kier molecular flexibility index (Phi) is 7.26. The number of hydrogen-bond donors (Lipinski definition) is 2. The lowest BCUT2D eigenvalue weighted by Gasteiger charge is -2.22. The van der Waals surface area contributed by atoms with Crippen LogP contribution in [-0.2, 0) is 4.79 Å². The van der Waals surface area contributed by atoms with Gasteiger partial charge in [-0.05, 0) is 38.0 Å². The van der Waals surface area contributed by atoms with Crippen LogP contribution in [0.15, 0.2) is 36.4 Å². The summed E-state index contributed by atoms with van der Waals surface area (Å²) in [5.74, 6) is -0.281. The van der Waals surface area contributed by atoms with E-state index in [1.54, 1.807) is 11.3 Å². The van der Waals surface area contributed by atoms with Crippen molar-refractivity contribution in [3.05, 3.63) is 57.3 Å². The van der Waals surface area contributed by atoms with Gasteiger partial charge in [0, 0.05) is 15.8 Å². The minimum Gasteiger partial charge on any atom is -0.349 e. The summed E-state index contributed by atoms with van der Waals surface area (Å²) in [5, 5.41) is 3.09. The largest absolute Gasteiger partial charge is 0.349 e. The zero-order valence-corrected chi connectivity index (χ0v) is 15.6. The number of nitrogens with two attached hydrogens (primary N) is 1. The van der Waals surface area contributed by atoms with Gasteiger partial charge >= 0.3 is 0 Å². The number of carbonyl (C=O) groups excluding carboxylic acids is 1. The highest BCUT2D eigenvalue weighted by Gasteiger charge is 2.24. The summed E-state index contributed by atoms with van der Waals surface area (Å²) in [6, 6.07) is 11.6. The molecule has 23 heavy (non-hydrogen) atoms. The Labute approximate surface area is 148 Å². The predicted octanol–water partition coefficient (Wildman–Crippen LogP) is 4.30. The van der Waals surface area contributed by atoms with E-state index in [-0.39, 0.29) is 36.3 Å². The van der Waals surface area contributed by atoms with Crippen LogP contribution in [0, 0.1) is 19.8 Å². The van der Waals surface area contributed by atoms with E-state index in [1.807, 2.05) is 44.2 Å². The molecule has 0 fully saturated rings. The van der Waals surface area contributed by atoms with Crippen molar-refractivity contribution in [1.82, 2.24) is 5.32 Å². The Hall–Kier alpha value is -1.36. The Bertz CT molecular complexity index is 642. The van der Waals surface area contributed by atoms with Crippen LogP contribution in [-0.4, -0.2) is 5.91 Å². The monoisotopic (exact) mass is 352 g/mol. The van der Waals surface area contributed by atoms with Gasteiger partial charge in [-0.25, -0.2) is 0 Å². The van der Waals surface area contributed by atoms with Crippen LogP contribution in [0.4, 0.5) is 0 Å². The fourth-order valence-electron chi connectivity index (χ4n) is 2.63. The molecule has 1 amide bonds. The lowest BCUT2D eigenvalue weighted by atomic mass is 9.94. The molecule has 0 aliphatic rings. The number of thiophene rings is 1. The molecular formula is C18H25ClN2OS. The van der Waals surface area contributed by atoms with E-state index in [9.17, 15) is 4.79 Å². The van der Waals surface area contributed by atoms with Gasteiger partial charge in [0.2, 0.25) is 5.91 Å². The van der Waals surface area contributed by atoms with Crippen molar-refractivity contribution in [2.24, 2.45) is 11.7 Å². The minimum absolute atomic E-state index is 0. The summed E-state index contributed by atoms with van der Waals surface area (Å²) in [7, 11) is 0. The van der Waals surface area contributed by atoms with Crippen LogP contribution < -0.4 is 11.1 Å².